The lowest BCUT2D eigenvalue weighted by Crippen LogP contribution is -2.15. The Balaban J connectivity index is 1.91. The number of anilines is 1. The number of amidine groups is 1. The summed E-state index contributed by atoms with van der Waals surface area (Å²) in [7, 11) is 0. The van der Waals surface area contributed by atoms with Crippen molar-refractivity contribution in [2.24, 2.45) is 10.7 Å². The summed E-state index contributed by atoms with van der Waals surface area (Å²) in [5, 5.41) is 8.06. The highest BCUT2D eigenvalue weighted by molar-refractivity contribution is 6.03. The Labute approximate surface area is 180 Å². The van der Waals surface area contributed by atoms with E-state index in [2.05, 4.69) is 25.2 Å². The molecule has 0 aliphatic rings. The van der Waals surface area contributed by atoms with Crippen LogP contribution in [0.2, 0.25) is 0 Å². The summed E-state index contributed by atoms with van der Waals surface area (Å²) in [6.45, 7) is 0. The number of nitrogens with zero attached hydrogens (tertiary/aromatic N) is 5. The van der Waals surface area contributed by atoms with Gasteiger partial charge in [0.05, 0.1) is 5.56 Å². The van der Waals surface area contributed by atoms with Crippen LogP contribution < -0.4 is 11.5 Å². The number of pyridine rings is 1. The molecule has 0 atom stereocenters. The first-order valence-corrected chi connectivity index (χ1v) is 9.35. The molecule has 0 saturated carbocycles. The topological polar surface area (TPSA) is 116 Å². The number of nitrogens with two attached hydrogens (primary N) is 2. The van der Waals surface area contributed by atoms with Gasteiger partial charge in [0.15, 0.2) is 11.6 Å². The number of aliphatic imine (C=N–C) groups is 1. The zero-order chi connectivity index (χ0) is 22.7. The molecule has 4 N–H and O–H groups in total. The van der Waals surface area contributed by atoms with E-state index in [0.29, 0.717) is 16.8 Å². The molecule has 7 nitrogen and oxygen atoms in total. The minimum Gasteiger partial charge on any atom is -0.398 e. The standard InChI is InChI=1S/C22H16F3N7/c23-22(24,25)16-7-3-1-5-14(16)20-30-21(18(31-32-20)13-9-11-28-12-10-13)29-19(27)15-6-2-4-8-17(15)26/h1-12H,26H2,(H2,27,29,30,32). The molecule has 0 fully saturated rings. The van der Waals surface area contributed by atoms with Crippen LogP contribution >= 0.6 is 0 Å². The Morgan fingerprint density at radius 1 is 0.875 bits per heavy atom. The van der Waals surface area contributed by atoms with Gasteiger partial charge in [-0.15, -0.1) is 10.2 Å². The molecule has 2 aromatic heterocycles. The maximum absolute atomic E-state index is 13.5. The predicted octanol–water partition coefficient (Wildman–Crippen LogP) is 4.24. The first kappa shape index (κ1) is 20.9. The SMILES string of the molecule is N/C(=N\c1nc(-c2ccccc2C(F)(F)F)nnc1-c1ccncc1)c1ccccc1N. The molecule has 2 heterocycles. The van der Waals surface area contributed by atoms with Crippen molar-refractivity contribution in [3.63, 3.8) is 0 Å². The number of hydrogen-bond donors (Lipinski definition) is 2. The first-order valence-electron chi connectivity index (χ1n) is 9.35. The molecular weight excluding hydrogens is 419 g/mol. The average Bonchev–Trinajstić information content (AvgIpc) is 2.79. The van der Waals surface area contributed by atoms with Gasteiger partial charge in [0.25, 0.3) is 0 Å². The van der Waals surface area contributed by atoms with Gasteiger partial charge in [0, 0.05) is 34.8 Å². The highest BCUT2D eigenvalue weighted by Crippen LogP contribution is 2.37. The number of alkyl halides is 3. The Hall–Kier alpha value is -4.34. The van der Waals surface area contributed by atoms with Crippen LogP contribution in [0.4, 0.5) is 24.7 Å². The fourth-order valence-electron chi connectivity index (χ4n) is 3.04. The molecule has 0 bridgehead atoms. The van der Waals surface area contributed by atoms with Crippen LogP contribution in [0.1, 0.15) is 11.1 Å². The van der Waals surface area contributed by atoms with Gasteiger partial charge < -0.3 is 11.5 Å². The summed E-state index contributed by atoms with van der Waals surface area (Å²) in [4.78, 5) is 12.6. The normalized spacial score (nSPS) is 12.0. The van der Waals surface area contributed by atoms with Gasteiger partial charge in [-0.05, 0) is 30.3 Å². The van der Waals surface area contributed by atoms with Gasteiger partial charge in [-0.1, -0.05) is 30.3 Å². The van der Waals surface area contributed by atoms with Crippen LogP contribution in [-0.2, 0) is 6.18 Å². The Morgan fingerprint density at radius 2 is 1.56 bits per heavy atom. The lowest BCUT2D eigenvalue weighted by Gasteiger charge is -2.12. The third-order valence-corrected chi connectivity index (χ3v) is 4.56. The van der Waals surface area contributed by atoms with E-state index in [9.17, 15) is 13.2 Å². The highest BCUT2D eigenvalue weighted by atomic mass is 19.4. The fourth-order valence-corrected chi connectivity index (χ4v) is 3.04. The fraction of sp³-hybridized carbons (Fsp3) is 0.0455. The van der Waals surface area contributed by atoms with E-state index in [1.54, 1.807) is 36.4 Å². The van der Waals surface area contributed by atoms with Gasteiger partial charge >= 0.3 is 6.18 Å². The smallest absolute Gasteiger partial charge is 0.398 e. The van der Waals surface area contributed by atoms with Gasteiger partial charge in [-0.25, -0.2) is 9.98 Å². The Kier molecular flexibility index (Phi) is 5.50. The number of hydrogen-bond acceptors (Lipinski definition) is 6. The van der Waals surface area contributed by atoms with Crippen molar-refractivity contribution in [2.45, 2.75) is 6.18 Å². The molecule has 0 aliphatic heterocycles. The maximum atomic E-state index is 13.5. The highest BCUT2D eigenvalue weighted by Gasteiger charge is 2.34. The second kappa shape index (κ2) is 8.42. The van der Waals surface area contributed by atoms with Crippen LogP contribution in [0.25, 0.3) is 22.6 Å². The molecule has 0 saturated heterocycles. The lowest BCUT2D eigenvalue weighted by molar-refractivity contribution is -0.137. The van der Waals surface area contributed by atoms with Crippen LogP contribution in [0, 0.1) is 0 Å². The minimum absolute atomic E-state index is 0.000990. The van der Waals surface area contributed by atoms with Gasteiger partial charge in [0.1, 0.15) is 11.5 Å². The monoisotopic (exact) mass is 435 g/mol. The minimum atomic E-state index is -4.59. The van der Waals surface area contributed by atoms with Crippen molar-refractivity contribution >= 4 is 17.3 Å². The van der Waals surface area contributed by atoms with Crippen molar-refractivity contribution in [2.75, 3.05) is 5.73 Å². The van der Waals surface area contributed by atoms with Crippen LogP contribution in [0.3, 0.4) is 0 Å². The van der Waals surface area contributed by atoms with Crippen molar-refractivity contribution in [1.29, 1.82) is 0 Å². The molecule has 4 rings (SSSR count). The largest absolute Gasteiger partial charge is 0.417 e. The van der Waals surface area contributed by atoms with E-state index in [1.165, 1.54) is 30.6 Å². The van der Waals surface area contributed by atoms with Crippen molar-refractivity contribution in [1.82, 2.24) is 20.2 Å². The number of para-hydroxylation sites is 1. The van der Waals surface area contributed by atoms with E-state index >= 15 is 0 Å². The number of benzene rings is 2. The zero-order valence-electron chi connectivity index (χ0n) is 16.5. The quantitative estimate of drug-likeness (QED) is 0.281. The summed E-state index contributed by atoms with van der Waals surface area (Å²) >= 11 is 0. The van der Waals surface area contributed by atoms with E-state index < -0.39 is 11.7 Å². The lowest BCUT2D eigenvalue weighted by atomic mass is 10.1. The summed E-state index contributed by atoms with van der Waals surface area (Å²) in [6, 6.07) is 15.1. The first-order chi connectivity index (χ1) is 15.3. The Bertz CT molecular complexity index is 1290. The maximum Gasteiger partial charge on any atom is 0.417 e. The molecule has 160 valence electrons. The number of halogens is 3. The van der Waals surface area contributed by atoms with Crippen molar-refractivity contribution < 1.29 is 13.2 Å². The molecule has 32 heavy (non-hydrogen) atoms. The third kappa shape index (κ3) is 4.24. The summed E-state index contributed by atoms with van der Waals surface area (Å²) < 4.78 is 40.5. The molecule has 0 amide bonds. The van der Waals surface area contributed by atoms with Gasteiger partial charge in [0.2, 0.25) is 0 Å². The van der Waals surface area contributed by atoms with E-state index in [0.717, 1.165) is 6.07 Å². The molecule has 2 aromatic carbocycles. The molecule has 0 aliphatic carbocycles. The third-order valence-electron chi connectivity index (χ3n) is 4.56. The summed E-state index contributed by atoms with van der Waals surface area (Å²) in [6.07, 6.45) is -1.52. The molecule has 10 heteroatoms. The summed E-state index contributed by atoms with van der Waals surface area (Å²) in [5.41, 5.74) is 12.7. The van der Waals surface area contributed by atoms with E-state index in [-0.39, 0.29) is 28.7 Å². The molecule has 0 radical (unpaired) electrons. The zero-order valence-corrected chi connectivity index (χ0v) is 16.5. The molecular formula is C22H16F3N7. The second-order valence-corrected chi connectivity index (χ2v) is 6.67. The molecule has 0 spiro atoms. The van der Waals surface area contributed by atoms with Gasteiger partial charge in [-0.2, -0.15) is 13.2 Å². The van der Waals surface area contributed by atoms with Crippen LogP contribution in [0.5, 0.6) is 0 Å². The van der Waals surface area contributed by atoms with E-state index in [1.807, 2.05) is 0 Å². The number of nitrogen functional groups attached to an aromatic ring is 1. The predicted molar refractivity (Wildman–Crippen MR) is 115 cm³/mol. The van der Waals surface area contributed by atoms with Crippen molar-refractivity contribution in [3.8, 4) is 22.6 Å². The second-order valence-electron chi connectivity index (χ2n) is 6.67. The number of aromatic nitrogens is 4. The van der Waals surface area contributed by atoms with Crippen LogP contribution in [0.15, 0.2) is 78.0 Å². The molecule has 0 unspecified atom stereocenters. The van der Waals surface area contributed by atoms with Gasteiger partial charge in [-0.3, -0.25) is 4.98 Å². The Morgan fingerprint density at radius 3 is 2.28 bits per heavy atom. The average molecular weight is 435 g/mol. The number of rotatable bonds is 4. The van der Waals surface area contributed by atoms with Crippen LogP contribution in [-0.4, -0.2) is 26.0 Å². The molecule has 4 aromatic rings. The van der Waals surface area contributed by atoms with Crippen molar-refractivity contribution in [3.05, 3.63) is 84.2 Å². The summed E-state index contributed by atoms with van der Waals surface area (Å²) in [5.74, 6) is -0.198. The van der Waals surface area contributed by atoms with E-state index in [4.69, 9.17) is 11.5 Å².